The largest absolute Gasteiger partial charge is 0.339 e. The average Bonchev–Trinajstić information content (AvgIpc) is 2.75. The molecule has 3 rings (SSSR count). The Balaban J connectivity index is 1.53. The Hall–Kier alpha value is -3.21. The van der Waals surface area contributed by atoms with Gasteiger partial charge in [0, 0.05) is 49.7 Å². The molecule has 2 amide bonds. The number of pyridine rings is 1. The van der Waals surface area contributed by atoms with Crippen LogP contribution in [0.15, 0.2) is 73.5 Å². The Morgan fingerprint density at radius 2 is 1.82 bits per heavy atom. The third-order valence-corrected chi connectivity index (χ3v) is 4.90. The molecule has 0 aliphatic carbocycles. The van der Waals surface area contributed by atoms with Crippen molar-refractivity contribution in [3.63, 3.8) is 0 Å². The minimum absolute atomic E-state index is 0.000733. The molecule has 0 N–H and O–H groups in total. The lowest BCUT2D eigenvalue weighted by Crippen LogP contribution is -2.50. The molecule has 0 spiro atoms. The van der Waals surface area contributed by atoms with Gasteiger partial charge >= 0.3 is 0 Å². The number of carbonyl (C=O) groups excluding carboxylic acids is 2. The lowest BCUT2D eigenvalue weighted by molar-refractivity contribution is -0.132. The molecule has 5 nitrogen and oxygen atoms in total. The van der Waals surface area contributed by atoms with Crippen LogP contribution < -0.4 is 0 Å². The van der Waals surface area contributed by atoms with Crippen molar-refractivity contribution < 1.29 is 9.59 Å². The van der Waals surface area contributed by atoms with Gasteiger partial charge < -0.3 is 9.80 Å². The quantitative estimate of drug-likeness (QED) is 0.725. The number of rotatable bonds is 6. The average molecular weight is 375 g/mol. The molecule has 1 aliphatic heterocycles. The van der Waals surface area contributed by atoms with Gasteiger partial charge in [0.05, 0.1) is 5.52 Å². The van der Waals surface area contributed by atoms with Crippen LogP contribution in [-0.4, -0.2) is 52.8 Å². The smallest absolute Gasteiger partial charge is 0.253 e. The maximum Gasteiger partial charge on any atom is 0.253 e. The number of fused-ring (bicyclic) bond motifs is 1. The summed E-state index contributed by atoms with van der Waals surface area (Å²) in [6.45, 7) is 9.78. The van der Waals surface area contributed by atoms with E-state index in [1.54, 1.807) is 12.3 Å². The molecule has 2 aromatic rings. The van der Waals surface area contributed by atoms with E-state index in [1.165, 1.54) is 0 Å². The molecular weight excluding hydrogens is 350 g/mol. The molecule has 1 aromatic carbocycles. The molecule has 0 atom stereocenters. The highest BCUT2D eigenvalue weighted by molar-refractivity contribution is 5.98. The summed E-state index contributed by atoms with van der Waals surface area (Å²) in [4.78, 5) is 33.1. The van der Waals surface area contributed by atoms with Crippen LogP contribution in [0.2, 0.25) is 0 Å². The first-order valence-corrected chi connectivity index (χ1v) is 9.47. The number of hydrogen-bond acceptors (Lipinski definition) is 3. The number of amides is 2. The number of allylic oxidation sites excluding steroid dienone is 4. The molecule has 144 valence electrons. The summed E-state index contributed by atoms with van der Waals surface area (Å²) in [5.41, 5.74) is 2.44. The summed E-state index contributed by atoms with van der Waals surface area (Å²) < 4.78 is 0. The summed E-state index contributed by atoms with van der Waals surface area (Å²) in [5.74, 6) is 0.109. The van der Waals surface area contributed by atoms with Crippen molar-refractivity contribution in [3.8, 4) is 0 Å². The van der Waals surface area contributed by atoms with Crippen LogP contribution in [-0.2, 0) is 4.79 Å². The molecule has 0 saturated carbocycles. The van der Waals surface area contributed by atoms with E-state index >= 15 is 0 Å². The molecule has 1 aromatic heterocycles. The monoisotopic (exact) mass is 375 g/mol. The number of hydrogen-bond donors (Lipinski definition) is 0. The molecule has 1 saturated heterocycles. The van der Waals surface area contributed by atoms with Crippen LogP contribution in [0.5, 0.6) is 0 Å². The van der Waals surface area contributed by atoms with Gasteiger partial charge in [-0.3, -0.25) is 14.6 Å². The Morgan fingerprint density at radius 3 is 2.57 bits per heavy atom. The van der Waals surface area contributed by atoms with Crippen LogP contribution in [0.3, 0.4) is 0 Å². The van der Waals surface area contributed by atoms with E-state index in [0.29, 0.717) is 44.6 Å². The first kappa shape index (κ1) is 19.5. The van der Waals surface area contributed by atoms with Crippen LogP contribution in [0.1, 0.15) is 23.2 Å². The predicted molar refractivity (Wildman–Crippen MR) is 112 cm³/mol. The van der Waals surface area contributed by atoms with Gasteiger partial charge in [0.1, 0.15) is 0 Å². The van der Waals surface area contributed by atoms with Crippen molar-refractivity contribution in [3.05, 3.63) is 79.1 Å². The van der Waals surface area contributed by atoms with Crippen LogP contribution >= 0.6 is 0 Å². The highest BCUT2D eigenvalue weighted by Crippen LogP contribution is 2.16. The molecule has 2 heterocycles. The minimum atomic E-state index is 0.000733. The fourth-order valence-electron chi connectivity index (χ4n) is 3.26. The zero-order valence-electron chi connectivity index (χ0n) is 16.0. The summed E-state index contributed by atoms with van der Waals surface area (Å²) in [5, 5.41) is 0.952. The normalized spacial score (nSPS) is 14.4. The lowest BCUT2D eigenvalue weighted by Gasteiger charge is -2.35. The molecule has 28 heavy (non-hydrogen) atoms. The van der Waals surface area contributed by atoms with Gasteiger partial charge in [0.25, 0.3) is 5.91 Å². The van der Waals surface area contributed by atoms with Crippen molar-refractivity contribution in [2.24, 2.45) is 0 Å². The minimum Gasteiger partial charge on any atom is -0.339 e. The first-order valence-electron chi connectivity index (χ1n) is 9.47. The molecule has 0 radical (unpaired) electrons. The van der Waals surface area contributed by atoms with Gasteiger partial charge in [-0.15, -0.1) is 0 Å². The number of benzene rings is 1. The Bertz CT molecular complexity index is 924. The number of nitrogens with zero attached hydrogens (tertiary/aromatic N) is 3. The third kappa shape index (κ3) is 4.74. The first-order chi connectivity index (χ1) is 13.6. The second kappa shape index (κ2) is 9.13. The fourth-order valence-corrected chi connectivity index (χ4v) is 3.26. The topological polar surface area (TPSA) is 53.5 Å². The number of piperazine rings is 1. The zero-order chi connectivity index (χ0) is 19.9. The van der Waals surface area contributed by atoms with Gasteiger partial charge in [-0.05, 0) is 30.7 Å². The van der Waals surface area contributed by atoms with E-state index < -0.39 is 0 Å². The third-order valence-electron chi connectivity index (χ3n) is 4.90. The van der Waals surface area contributed by atoms with Gasteiger partial charge in [-0.1, -0.05) is 43.0 Å². The van der Waals surface area contributed by atoms with Crippen molar-refractivity contribution in [1.82, 2.24) is 14.8 Å². The summed E-state index contributed by atoms with van der Waals surface area (Å²) in [6, 6.07) is 9.38. The Labute approximate surface area is 165 Å². The van der Waals surface area contributed by atoms with E-state index in [9.17, 15) is 9.59 Å². The van der Waals surface area contributed by atoms with Crippen LogP contribution in [0, 0.1) is 0 Å². The van der Waals surface area contributed by atoms with Crippen molar-refractivity contribution >= 4 is 22.7 Å². The van der Waals surface area contributed by atoms with Crippen molar-refractivity contribution in [2.75, 3.05) is 26.2 Å². The molecule has 5 heteroatoms. The molecule has 0 unspecified atom stereocenters. The molecular formula is C23H25N3O2. The number of carbonyl (C=O) groups is 2. The lowest BCUT2D eigenvalue weighted by atomic mass is 10.1. The predicted octanol–water partition coefficient (Wildman–Crippen LogP) is 3.60. The van der Waals surface area contributed by atoms with Crippen molar-refractivity contribution in [2.45, 2.75) is 12.8 Å². The van der Waals surface area contributed by atoms with E-state index in [1.807, 2.05) is 52.3 Å². The number of aromatic nitrogens is 1. The highest BCUT2D eigenvalue weighted by Gasteiger charge is 2.24. The van der Waals surface area contributed by atoms with E-state index in [0.717, 1.165) is 16.5 Å². The second-order valence-corrected chi connectivity index (χ2v) is 6.84. The van der Waals surface area contributed by atoms with Crippen LogP contribution in [0.4, 0.5) is 0 Å². The van der Waals surface area contributed by atoms with E-state index in [2.05, 4.69) is 18.1 Å². The second-order valence-electron chi connectivity index (χ2n) is 6.84. The molecule has 1 aliphatic rings. The zero-order valence-corrected chi connectivity index (χ0v) is 16.0. The Morgan fingerprint density at radius 1 is 1.07 bits per heavy atom. The van der Waals surface area contributed by atoms with Gasteiger partial charge in [0.15, 0.2) is 0 Å². The van der Waals surface area contributed by atoms with Crippen molar-refractivity contribution in [1.29, 1.82) is 0 Å². The maximum atomic E-state index is 12.8. The van der Waals surface area contributed by atoms with Gasteiger partial charge in [0.2, 0.25) is 5.91 Å². The maximum absolute atomic E-state index is 12.8. The standard InChI is InChI=1S/C23H25N3O2/c1-3-4-6-18(2)8-11-22(27)25-13-15-26(16-14-25)23(28)20-9-10-21-19(17-20)7-5-12-24-21/h3-7,9-10,12,17H,1-2,8,11,13-16H2/b6-4-. The summed E-state index contributed by atoms with van der Waals surface area (Å²) in [6.07, 6.45) is 8.19. The van der Waals surface area contributed by atoms with E-state index in [4.69, 9.17) is 0 Å². The summed E-state index contributed by atoms with van der Waals surface area (Å²) in [7, 11) is 0. The van der Waals surface area contributed by atoms with E-state index in [-0.39, 0.29) is 11.8 Å². The molecule has 1 fully saturated rings. The van der Waals surface area contributed by atoms with Gasteiger partial charge in [-0.2, -0.15) is 0 Å². The summed E-state index contributed by atoms with van der Waals surface area (Å²) >= 11 is 0. The fraction of sp³-hybridized carbons (Fsp3) is 0.261. The molecule has 0 bridgehead atoms. The van der Waals surface area contributed by atoms with Crippen LogP contribution in [0.25, 0.3) is 10.9 Å². The highest BCUT2D eigenvalue weighted by atomic mass is 16.2. The SMILES string of the molecule is C=C/C=C\C(=C)CCC(=O)N1CCN(C(=O)c2ccc3ncccc3c2)CC1. The Kier molecular flexibility index (Phi) is 6.37. The van der Waals surface area contributed by atoms with Gasteiger partial charge in [-0.25, -0.2) is 0 Å².